The molecule has 0 aliphatic carbocycles. The van der Waals surface area contributed by atoms with Crippen LogP contribution in [0.25, 0.3) is 12.2 Å². The van der Waals surface area contributed by atoms with Crippen molar-refractivity contribution in [3.05, 3.63) is 71.3 Å². The van der Waals surface area contributed by atoms with Gasteiger partial charge >= 0.3 is 11.9 Å². The molecule has 0 radical (unpaired) electrons. The molecule has 0 saturated heterocycles. The van der Waals surface area contributed by atoms with E-state index in [1.54, 1.807) is 36.4 Å². The van der Waals surface area contributed by atoms with Gasteiger partial charge in [-0.2, -0.15) is 5.26 Å². The van der Waals surface area contributed by atoms with E-state index in [2.05, 4.69) is 4.74 Å². The predicted molar refractivity (Wildman–Crippen MR) is 109 cm³/mol. The van der Waals surface area contributed by atoms with Crippen LogP contribution in [0.2, 0.25) is 0 Å². The molecule has 0 bridgehead atoms. The molecule has 0 aliphatic heterocycles. The molecular formula is C23H21NO5. The third-order valence-corrected chi connectivity index (χ3v) is 3.68. The molecule has 6 heteroatoms. The maximum absolute atomic E-state index is 12.1. The van der Waals surface area contributed by atoms with Crippen LogP contribution in [0, 0.1) is 11.3 Å². The van der Waals surface area contributed by atoms with E-state index in [1.165, 1.54) is 19.3 Å². The van der Waals surface area contributed by atoms with Gasteiger partial charge in [-0.3, -0.25) is 0 Å². The topological polar surface area (TPSA) is 85.6 Å². The molecule has 0 heterocycles. The van der Waals surface area contributed by atoms with Crippen molar-refractivity contribution in [2.45, 2.75) is 13.3 Å². The Morgan fingerprint density at radius 3 is 2.48 bits per heavy atom. The van der Waals surface area contributed by atoms with Crippen LogP contribution in [0.4, 0.5) is 0 Å². The maximum Gasteiger partial charge on any atom is 0.348 e. The lowest BCUT2D eigenvalue weighted by Gasteiger charge is -2.04. The molecule has 2 aromatic carbocycles. The van der Waals surface area contributed by atoms with Crippen LogP contribution in [0.15, 0.2) is 60.2 Å². The standard InChI is InChI=1S/C23H21NO5/c1-3-13-28-20-10-7-17(8-11-20)9-12-22(25)29-21-6-4-5-18(15-21)14-19(16-24)23(26)27-2/h4-12,14-15H,3,13H2,1-2H3/b12-9+,19-14-. The largest absolute Gasteiger partial charge is 0.494 e. The smallest absolute Gasteiger partial charge is 0.348 e. The summed E-state index contributed by atoms with van der Waals surface area (Å²) in [5, 5.41) is 9.02. The highest BCUT2D eigenvalue weighted by molar-refractivity contribution is 5.97. The van der Waals surface area contributed by atoms with E-state index >= 15 is 0 Å². The lowest BCUT2D eigenvalue weighted by atomic mass is 10.1. The third-order valence-electron chi connectivity index (χ3n) is 3.68. The summed E-state index contributed by atoms with van der Waals surface area (Å²) in [5.41, 5.74) is 1.21. The molecular weight excluding hydrogens is 370 g/mol. The van der Waals surface area contributed by atoms with Crippen LogP contribution in [0.5, 0.6) is 11.5 Å². The van der Waals surface area contributed by atoms with Gasteiger partial charge in [-0.1, -0.05) is 31.2 Å². The molecule has 148 valence electrons. The number of nitrogens with zero attached hydrogens (tertiary/aromatic N) is 1. The first kappa shape index (κ1) is 21.5. The highest BCUT2D eigenvalue weighted by Gasteiger charge is 2.09. The number of hydrogen-bond acceptors (Lipinski definition) is 6. The predicted octanol–water partition coefficient (Wildman–Crippen LogP) is 4.17. The summed E-state index contributed by atoms with van der Waals surface area (Å²) in [5.74, 6) is -0.214. The first-order chi connectivity index (χ1) is 14.0. The molecule has 0 atom stereocenters. The number of carbonyl (C=O) groups excluding carboxylic acids is 2. The second kappa shape index (κ2) is 11.1. The number of methoxy groups -OCH3 is 1. The van der Waals surface area contributed by atoms with Crippen LogP contribution < -0.4 is 9.47 Å². The second-order valence-corrected chi connectivity index (χ2v) is 5.91. The molecule has 2 rings (SSSR count). The lowest BCUT2D eigenvalue weighted by Crippen LogP contribution is -2.04. The van der Waals surface area contributed by atoms with Gasteiger partial charge in [0.15, 0.2) is 0 Å². The SMILES string of the molecule is CCCOc1ccc(/C=C/C(=O)Oc2cccc(/C=C(/C#N)C(=O)OC)c2)cc1. The van der Waals surface area contributed by atoms with Crippen molar-refractivity contribution in [3.63, 3.8) is 0 Å². The Morgan fingerprint density at radius 1 is 1.07 bits per heavy atom. The molecule has 0 aliphatic rings. The van der Waals surface area contributed by atoms with Crippen molar-refractivity contribution in [2.75, 3.05) is 13.7 Å². The van der Waals surface area contributed by atoms with Crippen LogP contribution in [0.3, 0.4) is 0 Å². The molecule has 0 aromatic heterocycles. The van der Waals surface area contributed by atoms with Crippen LogP contribution in [-0.4, -0.2) is 25.7 Å². The van der Waals surface area contributed by atoms with Gasteiger partial charge in [-0.15, -0.1) is 0 Å². The first-order valence-corrected chi connectivity index (χ1v) is 8.98. The minimum Gasteiger partial charge on any atom is -0.494 e. The quantitative estimate of drug-likeness (QED) is 0.290. The highest BCUT2D eigenvalue weighted by Crippen LogP contribution is 2.17. The monoisotopic (exact) mass is 391 g/mol. The summed E-state index contributed by atoms with van der Waals surface area (Å²) in [6, 6.07) is 15.6. The number of carbonyl (C=O) groups is 2. The number of ether oxygens (including phenoxy) is 3. The molecule has 0 spiro atoms. The lowest BCUT2D eigenvalue weighted by molar-refractivity contribution is -0.135. The van der Waals surface area contributed by atoms with Crippen molar-refractivity contribution in [1.82, 2.24) is 0 Å². The normalized spacial score (nSPS) is 11.0. The Kier molecular flexibility index (Phi) is 8.21. The summed E-state index contributed by atoms with van der Waals surface area (Å²) in [6.07, 6.45) is 5.26. The Labute approximate surface area is 169 Å². The van der Waals surface area contributed by atoms with E-state index in [9.17, 15) is 9.59 Å². The fourth-order valence-electron chi connectivity index (χ4n) is 2.29. The van der Waals surface area contributed by atoms with E-state index in [4.69, 9.17) is 14.7 Å². The van der Waals surface area contributed by atoms with Crippen molar-refractivity contribution >= 4 is 24.1 Å². The summed E-state index contributed by atoms with van der Waals surface area (Å²) in [4.78, 5) is 23.6. The summed E-state index contributed by atoms with van der Waals surface area (Å²) in [7, 11) is 1.20. The summed E-state index contributed by atoms with van der Waals surface area (Å²) < 4.78 is 15.3. The zero-order valence-corrected chi connectivity index (χ0v) is 16.3. The zero-order chi connectivity index (χ0) is 21.1. The van der Waals surface area contributed by atoms with Gasteiger partial charge in [-0.05, 0) is 54.0 Å². The van der Waals surface area contributed by atoms with E-state index in [-0.39, 0.29) is 5.57 Å². The van der Waals surface area contributed by atoms with Crippen molar-refractivity contribution in [1.29, 1.82) is 5.26 Å². The van der Waals surface area contributed by atoms with Gasteiger partial charge in [0.2, 0.25) is 0 Å². The fraction of sp³-hybridized carbons (Fsp3) is 0.174. The Balaban J connectivity index is 2.02. The van der Waals surface area contributed by atoms with E-state index < -0.39 is 11.9 Å². The zero-order valence-electron chi connectivity index (χ0n) is 16.3. The van der Waals surface area contributed by atoms with E-state index in [0.717, 1.165) is 17.7 Å². The highest BCUT2D eigenvalue weighted by atomic mass is 16.5. The number of hydrogen-bond donors (Lipinski definition) is 0. The third kappa shape index (κ3) is 7.00. The van der Waals surface area contributed by atoms with Crippen molar-refractivity contribution < 1.29 is 23.8 Å². The second-order valence-electron chi connectivity index (χ2n) is 5.91. The van der Waals surface area contributed by atoms with E-state index in [0.29, 0.717) is 17.9 Å². The Bertz CT molecular complexity index is 952. The number of benzene rings is 2. The Hall–Kier alpha value is -3.85. The van der Waals surface area contributed by atoms with Gasteiger partial charge in [0.1, 0.15) is 23.1 Å². The van der Waals surface area contributed by atoms with Crippen molar-refractivity contribution in [3.8, 4) is 17.6 Å². The minimum atomic E-state index is -0.732. The maximum atomic E-state index is 12.1. The van der Waals surface area contributed by atoms with Crippen molar-refractivity contribution in [2.24, 2.45) is 0 Å². The summed E-state index contributed by atoms with van der Waals surface area (Å²) in [6.45, 7) is 2.70. The molecule has 2 aromatic rings. The molecule has 0 unspecified atom stereocenters. The number of esters is 2. The first-order valence-electron chi connectivity index (χ1n) is 8.98. The molecule has 29 heavy (non-hydrogen) atoms. The van der Waals surface area contributed by atoms with Crippen LogP contribution >= 0.6 is 0 Å². The van der Waals surface area contributed by atoms with Gasteiger partial charge in [0.25, 0.3) is 0 Å². The molecule has 0 fully saturated rings. The average Bonchev–Trinajstić information content (AvgIpc) is 2.75. The van der Waals surface area contributed by atoms with Gasteiger partial charge in [0, 0.05) is 6.08 Å². The molecule has 6 nitrogen and oxygen atoms in total. The van der Waals surface area contributed by atoms with Gasteiger partial charge in [-0.25, -0.2) is 9.59 Å². The summed E-state index contributed by atoms with van der Waals surface area (Å²) >= 11 is 0. The van der Waals surface area contributed by atoms with E-state index in [1.807, 2.05) is 31.2 Å². The fourth-order valence-corrected chi connectivity index (χ4v) is 2.29. The van der Waals surface area contributed by atoms with Crippen LogP contribution in [0.1, 0.15) is 24.5 Å². The molecule has 0 saturated carbocycles. The average molecular weight is 391 g/mol. The number of nitriles is 1. The van der Waals surface area contributed by atoms with Gasteiger partial charge in [0.05, 0.1) is 13.7 Å². The van der Waals surface area contributed by atoms with Gasteiger partial charge < -0.3 is 14.2 Å². The molecule has 0 N–H and O–H groups in total. The Morgan fingerprint density at radius 2 is 1.83 bits per heavy atom. The number of rotatable bonds is 8. The minimum absolute atomic E-state index is 0.151. The molecule has 0 amide bonds. The van der Waals surface area contributed by atoms with Crippen LogP contribution in [-0.2, 0) is 14.3 Å².